The number of ether oxygens (including phenoxy) is 1. The van der Waals surface area contributed by atoms with Gasteiger partial charge in [0.2, 0.25) is 0 Å². The van der Waals surface area contributed by atoms with Gasteiger partial charge in [0.15, 0.2) is 12.3 Å². The van der Waals surface area contributed by atoms with Crippen LogP contribution in [0, 0.1) is 5.41 Å². The molecule has 0 spiro atoms. The van der Waals surface area contributed by atoms with Crippen LogP contribution in [0.1, 0.15) is 47.0 Å². The Bertz CT molecular complexity index is 594. The molecule has 0 aliphatic carbocycles. The molecule has 0 saturated carbocycles. The first kappa shape index (κ1) is 18.8. The van der Waals surface area contributed by atoms with Gasteiger partial charge in [-0.15, -0.1) is 0 Å². The largest absolute Gasteiger partial charge is 0.466 e. The molecular weight excluding hydrogens is 308 g/mol. The quantitative estimate of drug-likeness (QED) is 0.412. The molecule has 0 bridgehead atoms. The van der Waals surface area contributed by atoms with Gasteiger partial charge >= 0.3 is 5.97 Å². The fraction of sp³-hybridized carbons (Fsp3) is 0.786. The molecule has 22 heavy (non-hydrogen) atoms. The highest BCUT2D eigenvalue weighted by atomic mass is 32.2. The van der Waals surface area contributed by atoms with Crippen molar-refractivity contribution in [1.82, 2.24) is 0 Å². The molecule has 126 valence electrons. The maximum atomic E-state index is 11.5. The van der Waals surface area contributed by atoms with Gasteiger partial charge in [-0.2, -0.15) is 8.42 Å². The molecule has 1 atom stereocenters. The van der Waals surface area contributed by atoms with E-state index in [4.69, 9.17) is 9.29 Å². The lowest BCUT2D eigenvalue weighted by Gasteiger charge is -2.20. The first-order valence-corrected chi connectivity index (χ1v) is 8.99. The third kappa shape index (κ3) is 4.88. The van der Waals surface area contributed by atoms with Crippen molar-refractivity contribution < 1.29 is 27.2 Å². The van der Waals surface area contributed by atoms with Crippen LogP contribution in [0.5, 0.6) is 0 Å². The third-order valence-electron chi connectivity index (χ3n) is 4.16. The van der Waals surface area contributed by atoms with Crippen LogP contribution in [0.3, 0.4) is 0 Å². The van der Waals surface area contributed by atoms with Gasteiger partial charge in [-0.3, -0.25) is 9.35 Å². The minimum Gasteiger partial charge on any atom is -0.466 e. The summed E-state index contributed by atoms with van der Waals surface area (Å²) in [6.45, 7) is 8.40. The van der Waals surface area contributed by atoms with E-state index in [0.717, 1.165) is 11.4 Å². The number of carbonyl (C=O) groups excluding carboxylic acids is 1. The smallest absolute Gasteiger partial charge is 0.305 e. The summed E-state index contributed by atoms with van der Waals surface area (Å²) in [5.74, 6) is -0.514. The minimum absolute atomic E-state index is 0.228. The van der Waals surface area contributed by atoms with Gasteiger partial charge in [0.25, 0.3) is 10.1 Å². The second-order valence-corrected chi connectivity index (χ2v) is 7.24. The summed E-state index contributed by atoms with van der Waals surface area (Å²) in [5.41, 5.74) is 1.54. The molecule has 1 aliphatic rings. The summed E-state index contributed by atoms with van der Waals surface area (Å²) in [4.78, 5) is 11.5. The van der Waals surface area contributed by atoms with Gasteiger partial charge < -0.3 is 4.74 Å². The lowest BCUT2D eigenvalue weighted by Crippen LogP contribution is -2.33. The second kappa shape index (κ2) is 7.32. The molecule has 0 fully saturated rings. The van der Waals surface area contributed by atoms with Gasteiger partial charge in [0, 0.05) is 19.8 Å². The zero-order valence-corrected chi connectivity index (χ0v) is 14.4. The van der Waals surface area contributed by atoms with E-state index in [1.165, 1.54) is 0 Å². The van der Waals surface area contributed by atoms with E-state index in [1.54, 1.807) is 11.6 Å². The maximum absolute atomic E-state index is 11.5. The molecule has 0 saturated heterocycles. The molecule has 1 heterocycles. The summed E-state index contributed by atoms with van der Waals surface area (Å²) in [5, 5.41) is 4.45. The minimum atomic E-state index is -3.95. The SMILES string of the molecule is CCOC(=O)CCC1(C)C(C)=N[N+](CCCS(=O)(=O)O)=C1C. The topological polar surface area (TPSA) is 96.0 Å². The summed E-state index contributed by atoms with van der Waals surface area (Å²) >= 11 is 0. The van der Waals surface area contributed by atoms with Crippen LogP contribution in [-0.2, 0) is 19.6 Å². The molecule has 1 aliphatic heterocycles. The summed E-state index contributed by atoms with van der Waals surface area (Å²) in [6, 6.07) is 0. The zero-order valence-electron chi connectivity index (χ0n) is 13.6. The van der Waals surface area contributed by atoms with Crippen LogP contribution >= 0.6 is 0 Å². The van der Waals surface area contributed by atoms with E-state index in [1.807, 2.05) is 20.8 Å². The standard InChI is InChI=1S/C14H24N2O5S/c1-5-21-13(17)7-8-14(4)11(2)15-16(12(14)3)9-6-10-22(18,19)20/h5-10H2,1-4H3/p+1. The predicted octanol–water partition coefficient (Wildman–Crippen LogP) is 1.48. The fourth-order valence-corrected chi connectivity index (χ4v) is 2.97. The Morgan fingerprint density at radius 1 is 1.41 bits per heavy atom. The second-order valence-electron chi connectivity index (χ2n) is 5.67. The zero-order chi connectivity index (χ0) is 17.0. The molecule has 1 N–H and O–H groups in total. The van der Waals surface area contributed by atoms with E-state index in [0.29, 0.717) is 32.4 Å². The van der Waals surface area contributed by atoms with E-state index in [9.17, 15) is 13.2 Å². The number of rotatable bonds is 8. The average Bonchev–Trinajstić information content (AvgIpc) is 2.61. The van der Waals surface area contributed by atoms with Gasteiger partial charge in [0.05, 0.1) is 23.5 Å². The molecular formula is C14H25N2O5S+. The molecule has 1 unspecified atom stereocenters. The number of hydrogen-bond donors (Lipinski definition) is 1. The Hall–Kier alpha value is -1.28. The Morgan fingerprint density at radius 2 is 2.05 bits per heavy atom. The molecule has 0 aromatic heterocycles. The van der Waals surface area contributed by atoms with Crippen LogP contribution in [0.25, 0.3) is 0 Å². The third-order valence-corrected chi connectivity index (χ3v) is 4.97. The van der Waals surface area contributed by atoms with Gasteiger partial charge in [-0.25, -0.2) is 0 Å². The number of carbonyl (C=O) groups is 1. The van der Waals surface area contributed by atoms with Crippen LogP contribution in [-0.4, -0.2) is 54.0 Å². The van der Waals surface area contributed by atoms with E-state index in [2.05, 4.69) is 5.10 Å². The van der Waals surface area contributed by atoms with E-state index in [-0.39, 0.29) is 17.1 Å². The normalized spacial score (nSPS) is 22.0. The number of nitrogens with zero attached hydrogens (tertiary/aromatic N) is 2. The molecule has 7 nitrogen and oxygen atoms in total. The Balaban J connectivity index is 2.72. The summed E-state index contributed by atoms with van der Waals surface area (Å²) in [7, 11) is -3.95. The van der Waals surface area contributed by atoms with Crippen LogP contribution < -0.4 is 0 Å². The molecule has 0 aromatic rings. The van der Waals surface area contributed by atoms with E-state index < -0.39 is 10.1 Å². The van der Waals surface area contributed by atoms with Crippen molar-refractivity contribution in [3.63, 3.8) is 0 Å². The summed E-state index contributed by atoms with van der Waals surface area (Å²) in [6.07, 6.45) is 1.20. The van der Waals surface area contributed by atoms with Crippen LogP contribution in [0.2, 0.25) is 0 Å². The predicted molar refractivity (Wildman–Crippen MR) is 83.9 cm³/mol. The monoisotopic (exact) mass is 333 g/mol. The number of hydrazone groups is 1. The van der Waals surface area contributed by atoms with Gasteiger partial charge in [-0.05, 0) is 32.3 Å². The number of esters is 1. The summed E-state index contributed by atoms with van der Waals surface area (Å²) < 4.78 is 37.0. The molecule has 0 radical (unpaired) electrons. The first-order valence-electron chi connectivity index (χ1n) is 7.38. The highest BCUT2D eigenvalue weighted by molar-refractivity contribution is 7.85. The van der Waals surface area contributed by atoms with Crippen molar-refractivity contribution in [2.45, 2.75) is 47.0 Å². The number of hydrogen-bond acceptors (Lipinski definition) is 5. The Morgan fingerprint density at radius 3 is 2.59 bits per heavy atom. The van der Waals surface area contributed by atoms with Crippen molar-refractivity contribution in [1.29, 1.82) is 0 Å². The van der Waals surface area contributed by atoms with Crippen molar-refractivity contribution in [3.05, 3.63) is 0 Å². The molecule has 0 amide bonds. The Kier molecular flexibility index (Phi) is 6.25. The van der Waals surface area contributed by atoms with Crippen LogP contribution in [0.15, 0.2) is 5.10 Å². The van der Waals surface area contributed by atoms with Crippen molar-refractivity contribution in [3.8, 4) is 0 Å². The lowest BCUT2D eigenvalue weighted by molar-refractivity contribution is -0.531. The Labute approximate surface area is 131 Å². The highest BCUT2D eigenvalue weighted by Crippen LogP contribution is 2.31. The fourth-order valence-electron chi connectivity index (χ4n) is 2.47. The molecule has 0 aromatic carbocycles. The van der Waals surface area contributed by atoms with Crippen LogP contribution in [0.4, 0.5) is 0 Å². The molecule has 8 heteroatoms. The van der Waals surface area contributed by atoms with Crippen molar-refractivity contribution in [2.24, 2.45) is 10.5 Å². The molecule has 1 rings (SSSR count). The van der Waals surface area contributed by atoms with Crippen molar-refractivity contribution >= 4 is 27.5 Å². The maximum Gasteiger partial charge on any atom is 0.305 e. The van der Waals surface area contributed by atoms with E-state index >= 15 is 0 Å². The average molecular weight is 333 g/mol. The van der Waals surface area contributed by atoms with Gasteiger partial charge in [0.1, 0.15) is 0 Å². The van der Waals surface area contributed by atoms with Crippen molar-refractivity contribution in [2.75, 3.05) is 18.9 Å². The lowest BCUT2D eigenvalue weighted by atomic mass is 9.78. The highest BCUT2D eigenvalue weighted by Gasteiger charge is 2.44. The van der Waals surface area contributed by atoms with Gasteiger partial charge in [-0.1, -0.05) is 4.68 Å². The first-order chi connectivity index (χ1) is 10.1.